The molecule has 0 saturated carbocycles. The molecule has 21 heavy (non-hydrogen) atoms. The third-order valence-electron chi connectivity index (χ3n) is 3.59. The summed E-state index contributed by atoms with van der Waals surface area (Å²) >= 11 is 6.04. The molecule has 1 N–H and O–H groups in total. The first kappa shape index (κ1) is 16.4. The maximum absolute atomic E-state index is 11.3. The van der Waals surface area contributed by atoms with E-state index in [1.165, 1.54) is 6.26 Å². The van der Waals surface area contributed by atoms with E-state index in [4.69, 9.17) is 16.3 Å². The number of halogens is 1. The van der Waals surface area contributed by atoms with Crippen molar-refractivity contribution in [3.8, 4) is 5.75 Å². The summed E-state index contributed by atoms with van der Waals surface area (Å²) in [5, 5.41) is 3.96. The molecule has 1 atom stereocenters. The van der Waals surface area contributed by atoms with Gasteiger partial charge in [0.05, 0.1) is 17.9 Å². The van der Waals surface area contributed by atoms with Crippen molar-refractivity contribution in [3.63, 3.8) is 0 Å². The van der Waals surface area contributed by atoms with Crippen LogP contribution in [0.2, 0.25) is 5.02 Å². The van der Waals surface area contributed by atoms with E-state index < -0.39 is 9.84 Å². The van der Waals surface area contributed by atoms with Crippen LogP contribution in [0.1, 0.15) is 6.42 Å². The van der Waals surface area contributed by atoms with Gasteiger partial charge in [-0.05, 0) is 18.6 Å². The van der Waals surface area contributed by atoms with Crippen LogP contribution in [-0.2, 0) is 9.84 Å². The Kier molecular flexibility index (Phi) is 5.35. The fourth-order valence-corrected chi connectivity index (χ4v) is 3.36. The second kappa shape index (κ2) is 6.85. The quantitative estimate of drug-likeness (QED) is 0.886. The van der Waals surface area contributed by atoms with Gasteiger partial charge in [0.15, 0.2) is 0 Å². The van der Waals surface area contributed by atoms with Crippen LogP contribution >= 0.6 is 11.6 Å². The Morgan fingerprint density at radius 2 is 2.24 bits per heavy atom. The third-order valence-corrected chi connectivity index (χ3v) is 4.88. The second-order valence-electron chi connectivity index (χ2n) is 5.33. The molecule has 0 bridgehead atoms. The third kappa shape index (κ3) is 4.76. The molecule has 1 saturated heterocycles. The van der Waals surface area contributed by atoms with Crippen LogP contribution in [0.15, 0.2) is 18.2 Å². The molecule has 2 rings (SSSR count). The van der Waals surface area contributed by atoms with Gasteiger partial charge in [-0.1, -0.05) is 11.6 Å². The first-order valence-electron chi connectivity index (χ1n) is 6.88. The average Bonchev–Trinajstić information content (AvgIpc) is 2.45. The van der Waals surface area contributed by atoms with Crippen LogP contribution in [0.3, 0.4) is 0 Å². The lowest BCUT2D eigenvalue weighted by Crippen LogP contribution is -2.51. The SMILES string of the molecule is COc1cc(N2CCN[C@@H](CCS(C)(=O)=O)C2)ccc1Cl. The minimum atomic E-state index is -2.92. The van der Waals surface area contributed by atoms with E-state index in [0.717, 1.165) is 25.3 Å². The van der Waals surface area contributed by atoms with E-state index in [-0.39, 0.29) is 11.8 Å². The first-order chi connectivity index (χ1) is 9.89. The maximum atomic E-state index is 11.3. The summed E-state index contributed by atoms with van der Waals surface area (Å²) in [6.45, 7) is 2.49. The number of nitrogens with one attached hydrogen (secondary N) is 1. The van der Waals surface area contributed by atoms with E-state index in [9.17, 15) is 8.42 Å². The molecule has 0 aliphatic carbocycles. The predicted octanol–water partition coefficient (Wildman–Crippen LogP) is 1.56. The molecule has 0 unspecified atom stereocenters. The van der Waals surface area contributed by atoms with E-state index >= 15 is 0 Å². The molecule has 0 amide bonds. The lowest BCUT2D eigenvalue weighted by atomic mass is 10.1. The van der Waals surface area contributed by atoms with Crippen LogP contribution < -0.4 is 15.0 Å². The number of hydrogen-bond acceptors (Lipinski definition) is 5. The number of nitrogens with zero attached hydrogens (tertiary/aromatic N) is 1. The Labute approximate surface area is 131 Å². The summed E-state index contributed by atoms with van der Waals surface area (Å²) in [6, 6.07) is 5.88. The van der Waals surface area contributed by atoms with Crippen LogP contribution in [0.4, 0.5) is 5.69 Å². The first-order valence-corrected chi connectivity index (χ1v) is 9.32. The molecule has 118 valence electrons. The maximum Gasteiger partial charge on any atom is 0.147 e. The van der Waals surface area contributed by atoms with Gasteiger partial charge in [-0.15, -0.1) is 0 Å². The molecule has 1 aromatic rings. The zero-order chi connectivity index (χ0) is 15.5. The van der Waals surface area contributed by atoms with E-state index in [1.54, 1.807) is 7.11 Å². The Bertz CT molecular complexity index is 592. The van der Waals surface area contributed by atoms with Gasteiger partial charge in [-0.2, -0.15) is 0 Å². The monoisotopic (exact) mass is 332 g/mol. The minimum absolute atomic E-state index is 0.176. The zero-order valence-corrected chi connectivity index (χ0v) is 13.9. The average molecular weight is 333 g/mol. The van der Waals surface area contributed by atoms with Crippen molar-refractivity contribution in [2.24, 2.45) is 0 Å². The number of piperazine rings is 1. The molecule has 1 heterocycles. The molecule has 7 heteroatoms. The van der Waals surface area contributed by atoms with E-state index in [0.29, 0.717) is 17.2 Å². The lowest BCUT2D eigenvalue weighted by Gasteiger charge is -2.35. The van der Waals surface area contributed by atoms with Crippen LogP contribution in [0.5, 0.6) is 5.75 Å². The lowest BCUT2D eigenvalue weighted by molar-refractivity contribution is 0.414. The van der Waals surface area contributed by atoms with Gasteiger partial charge in [0.25, 0.3) is 0 Å². The molecular formula is C14H21ClN2O3S. The number of hydrogen-bond donors (Lipinski definition) is 1. The largest absolute Gasteiger partial charge is 0.495 e. The van der Waals surface area contributed by atoms with E-state index in [1.807, 2.05) is 18.2 Å². The van der Waals surface area contributed by atoms with Gasteiger partial charge in [0.1, 0.15) is 15.6 Å². The molecule has 0 spiro atoms. The van der Waals surface area contributed by atoms with Crippen molar-refractivity contribution in [2.75, 3.05) is 43.7 Å². The summed E-state index contributed by atoms with van der Waals surface area (Å²) in [6.07, 6.45) is 1.90. The molecule has 5 nitrogen and oxygen atoms in total. The van der Waals surface area contributed by atoms with Crippen LogP contribution in [0.25, 0.3) is 0 Å². The van der Waals surface area contributed by atoms with Crippen molar-refractivity contribution in [1.82, 2.24) is 5.32 Å². The van der Waals surface area contributed by atoms with Crippen LogP contribution in [0, 0.1) is 0 Å². The van der Waals surface area contributed by atoms with Gasteiger partial charge in [-0.3, -0.25) is 0 Å². The highest BCUT2D eigenvalue weighted by molar-refractivity contribution is 7.90. The van der Waals surface area contributed by atoms with Crippen LogP contribution in [-0.4, -0.2) is 53.2 Å². The zero-order valence-electron chi connectivity index (χ0n) is 12.3. The standard InChI is InChI=1S/C14H21ClN2O3S/c1-20-14-9-12(3-4-13(14)15)17-7-6-16-11(10-17)5-8-21(2,18)19/h3-4,9,11,16H,5-8,10H2,1-2H3/t11-/m0/s1. The smallest absolute Gasteiger partial charge is 0.147 e. The Hall–Kier alpha value is -0.980. The number of benzene rings is 1. The highest BCUT2D eigenvalue weighted by Crippen LogP contribution is 2.29. The van der Waals surface area contributed by atoms with Gasteiger partial charge in [0.2, 0.25) is 0 Å². The Morgan fingerprint density at radius 1 is 1.48 bits per heavy atom. The topological polar surface area (TPSA) is 58.6 Å². The predicted molar refractivity (Wildman–Crippen MR) is 86.3 cm³/mol. The van der Waals surface area contributed by atoms with Gasteiger partial charge >= 0.3 is 0 Å². The summed E-state index contributed by atoms with van der Waals surface area (Å²) in [5.41, 5.74) is 1.04. The van der Waals surface area contributed by atoms with Crippen molar-refractivity contribution in [2.45, 2.75) is 12.5 Å². The number of sulfone groups is 1. The summed E-state index contributed by atoms with van der Waals surface area (Å²) in [7, 11) is -1.32. The Balaban J connectivity index is 2.03. The molecule has 1 aromatic carbocycles. The molecular weight excluding hydrogens is 312 g/mol. The summed E-state index contributed by atoms with van der Waals surface area (Å²) < 4.78 is 27.8. The fourth-order valence-electron chi connectivity index (χ4n) is 2.45. The normalized spacial score (nSPS) is 19.6. The minimum Gasteiger partial charge on any atom is -0.495 e. The summed E-state index contributed by atoms with van der Waals surface area (Å²) in [4.78, 5) is 2.22. The number of methoxy groups -OCH3 is 1. The Morgan fingerprint density at radius 3 is 2.90 bits per heavy atom. The molecule has 0 radical (unpaired) electrons. The molecule has 1 fully saturated rings. The molecule has 1 aliphatic rings. The summed E-state index contributed by atoms with van der Waals surface area (Å²) in [5.74, 6) is 0.864. The molecule has 0 aromatic heterocycles. The highest BCUT2D eigenvalue weighted by atomic mass is 35.5. The van der Waals surface area contributed by atoms with Crippen molar-refractivity contribution < 1.29 is 13.2 Å². The van der Waals surface area contributed by atoms with E-state index in [2.05, 4.69) is 10.2 Å². The van der Waals surface area contributed by atoms with Gasteiger partial charge in [-0.25, -0.2) is 8.42 Å². The molecule has 1 aliphatic heterocycles. The van der Waals surface area contributed by atoms with Crippen molar-refractivity contribution in [1.29, 1.82) is 0 Å². The van der Waals surface area contributed by atoms with Crippen molar-refractivity contribution in [3.05, 3.63) is 23.2 Å². The van der Waals surface area contributed by atoms with Gasteiger partial charge in [0, 0.05) is 43.7 Å². The number of anilines is 1. The second-order valence-corrected chi connectivity index (χ2v) is 8.00. The number of rotatable bonds is 5. The van der Waals surface area contributed by atoms with Crippen molar-refractivity contribution >= 4 is 27.1 Å². The number of ether oxygens (including phenoxy) is 1. The fraction of sp³-hybridized carbons (Fsp3) is 0.571. The highest BCUT2D eigenvalue weighted by Gasteiger charge is 2.21. The van der Waals surface area contributed by atoms with Gasteiger partial charge < -0.3 is 15.0 Å².